The standard InChI is InChI=1S/C15H15N3O2S/c1-16-11(9-21-15-17-7-6-14(19)18-15)13-8-10-4-2-3-5-12(10)20-13/h2-8,11,16H,9H2,1H3,(H,17,18,19). The van der Waals surface area contributed by atoms with E-state index < -0.39 is 0 Å². The molecule has 0 amide bonds. The molecule has 5 nitrogen and oxygen atoms in total. The minimum Gasteiger partial charge on any atom is -0.459 e. The van der Waals surface area contributed by atoms with Gasteiger partial charge in [0.1, 0.15) is 11.3 Å². The zero-order valence-corrected chi connectivity index (χ0v) is 12.3. The Bertz CT molecular complexity index is 763. The number of hydrogen-bond donors (Lipinski definition) is 2. The first kappa shape index (κ1) is 13.9. The lowest BCUT2D eigenvalue weighted by Gasteiger charge is -2.12. The fourth-order valence-electron chi connectivity index (χ4n) is 2.07. The van der Waals surface area contributed by atoms with Crippen LogP contribution >= 0.6 is 11.8 Å². The number of hydrogen-bond acceptors (Lipinski definition) is 5. The first-order chi connectivity index (χ1) is 10.3. The van der Waals surface area contributed by atoms with Gasteiger partial charge in [-0.2, -0.15) is 0 Å². The maximum Gasteiger partial charge on any atom is 0.251 e. The Morgan fingerprint density at radius 1 is 1.38 bits per heavy atom. The molecule has 0 bridgehead atoms. The average molecular weight is 301 g/mol. The number of aromatic amines is 1. The van der Waals surface area contributed by atoms with Crippen LogP contribution < -0.4 is 10.9 Å². The van der Waals surface area contributed by atoms with Crippen molar-refractivity contribution in [1.29, 1.82) is 0 Å². The quantitative estimate of drug-likeness (QED) is 0.560. The molecule has 0 saturated heterocycles. The monoisotopic (exact) mass is 301 g/mol. The summed E-state index contributed by atoms with van der Waals surface area (Å²) in [6, 6.07) is 11.4. The van der Waals surface area contributed by atoms with Gasteiger partial charge in [0.2, 0.25) is 0 Å². The lowest BCUT2D eigenvalue weighted by atomic mass is 10.2. The Balaban J connectivity index is 1.77. The number of nitrogens with one attached hydrogen (secondary N) is 2. The predicted octanol–water partition coefficient (Wildman–Crippen LogP) is 2.57. The lowest BCUT2D eigenvalue weighted by molar-refractivity contribution is 0.479. The molecule has 3 rings (SSSR count). The smallest absolute Gasteiger partial charge is 0.251 e. The van der Waals surface area contributed by atoms with Crippen molar-refractivity contribution >= 4 is 22.7 Å². The number of nitrogens with zero attached hydrogens (tertiary/aromatic N) is 1. The van der Waals surface area contributed by atoms with Crippen molar-refractivity contribution in [2.75, 3.05) is 12.8 Å². The highest BCUT2D eigenvalue weighted by Crippen LogP contribution is 2.27. The number of thioether (sulfide) groups is 1. The molecular formula is C15H15N3O2S. The molecule has 2 aromatic heterocycles. The number of fused-ring (bicyclic) bond motifs is 1. The van der Waals surface area contributed by atoms with Crippen LogP contribution in [0, 0.1) is 0 Å². The molecule has 2 N–H and O–H groups in total. The van der Waals surface area contributed by atoms with Crippen LogP contribution in [-0.4, -0.2) is 22.8 Å². The summed E-state index contributed by atoms with van der Waals surface area (Å²) < 4.78 is 5.87. The normalized spacial score (nSPS) is 12.6. The zero-order chi connectivity index (χ0) is 14.7. The number of aromatic nitrogens is 2. The summed E-state index contributed by atoms with van der Waals surface area (Å²) in [5.41, 5.74) is 0.737. The molecule has 0 spiro atoms. The zero-order valence-electron chi connectivity index (χ0n) is 11.5. The Labute approximate surface area is 125 Å². The second-order valence-electron chi connectivity index (χ2n) is 4.58. The maximum absolute atomic E-state index is 11.2. The van der Waals surface area contributed by atoms with Crippen molar-refractivity contribution < 1.29 is 4.42 Å². The number of benzene rings is 1. The van der Waals surface area contributed by atoms with Crippen molar-refractivity contribution in [2.45, 2.75) is 11.2 Å². The van der Waals surface area contributed by atoms with Crippen molar-refractivity contribution in [3.05, 3.63) is 58.7 Å². The van der Waals surface area contributed by atoms with Crippen LogP contribution in [0.25, 0.3) is 11.0 Å². The number of H-pyrrole nitrogens is 1. The van der Waals surface area contributed by atoms with Gasteiger partial charge in [-0.25, -0.2) is 4.98 Å². The number of para-hydroxylation sites is 1. The molecule has 0 aliphatic heterocycles. The Morgan fingerprint density at radius 3 is 3.00 bits per heavy atom. The van der Waals surface area contributed by atoms with Crippen LogP contribution in [0.3, 0.4) is 0 Å². The van der Waals surface area contributed by atoms with Crippen LogP contribution in [0.2, 0.25) is 0 Å². The molecule has 1 atom stereocenters. The van der Waals surface area contributed by atoms with E-state index in [2.05, 4.69) is 15.3 Å². The fraction of sp³-hybridized carbons (Fsp3) is 0.200. The number of rotatable bonds is 5. The molecule has 0 aliphatic carbocycles. The maximum atomic E-state index is 11.2. The van der Waals surface area contributed by atoms with Crippen LogP contribution in [-0.2, 0) is 0 Å². The molecule has 0 saturated carbocycles. The van der Waals surface area contributed by atoms with Gasteiger partial charge >= 0.3 is 0 Å². The Hall–Kier alpha value is -2.05. The van der Waals surface area contributed by atoms with Crippen molar-refractivity contribution in [3.63, 3.8) is 0 Å². The third-order valence-electron chi connectivity index (χ3n) is 3.17. The van der Waals surface area contributed by atoms with Gasteiger partial charge in [0.15, 0.2) is 5.16 Å². The third-order valence-corrected chi connectivity index (χ3v) is 4.15. The molecule has 21 heavy (non-hydrogen) atoms. The van der Waals surface area contributed by atoms with Crippen molar-refractivity contribution in [2.24, 2.45) is 0 Å². The van der Waals surface area contributed by atoms with E-state index in [1.165, 1.54) is 24.0 Å². The first-order valence-corrected chi connectivity index (χ1v) is 7.58. The summed E-state index contributed by atoms with van der Waals surface area (Å²) in [5, 5.41) is 4.93. The molecule has 2 heterocycles. The average Bonchev–Trinajstić information content (AvgIpc) is 2.91. The minimum absolute atomic E-state index is 0.0490. The third kappa shape index (κ3) is 3.17. The van der Waals surface area contributed by atoms with Gasteiger partial charge in [0.25, 0.3) is 5.56 Å². The summed E-state index contributed by atoms with van der Waals surface area (Å²) >= 11 is 1.48. The highest BCUT2D eigenvalue weighted by atomic mass is 32.2. The molecule has 1 aromatic carbocycles. The van der Waals surface area contributed by atoms with E-state index in [0.717, 1.165) is 16.7 Å². The molecule has 0 fully saturated rings. The van der Waals surface area contributed by atoms with E-state index in [1.807, 2.05) is 37.4 Å². The van der Waals surface area contributed by atoms with Crippen molar-refractivity contribution in [3.8, 4) is 0 Å². The van der Waals surface area contributed by atoms with E-state index in [1.54, 1.807) is 0 Å². The Kier molecular flexibility index (Phi) is 4.08. The largest absolute Gasteiger partial charge is 0.459 e. The molecule has 108 valence electrons. The summed E-state index contributed by atoms with van der Waals surface area (Å²) in [6.07, 6.45) is 1.51. The van der Waals surface area contributed by atoms with Gasteiger partial charge < -0.3 is 14.7 Å². The van der Waals surface area contributed by atoms with Gasteiger partial charge in [-0.1, -0.05) is 30.0 Å². The second-order valence-corrected chi connectivity index (χ2v) is 5.59. The molecule has 3 aromatic rings. The van der Waals surface area contributed by atoms with E-state index in [0.29, 0.717) is 10.9 Å². The summed E-state index contributed by atoms with van der Waals surface area (Å²) in [6.45, 7) is 0. The number of furan rings is 1. The van der Waals surface area contributed by atoms with Crippen LogP contribution in [0.15, 0.2) is 57.0 Å². The Morgan fingerprint density at radius 2 is 2.24 bits per heavy atom. The van der Waals surface area contributed by atoms with E-state index in [4.69, 9.17) is 4.42 Å². The van der Waals surface area contributed by atoms with Gasteiger partial charge in [0, 0.05) is 23.4 Å². The summed E-state index contributed by atoms with van der Waals surface area (Å²) in [4.78, 5) is 18.1. The van der Waals surface area contributed by atoms with Gasteiger partial charge in [-0.3, -0.25) is 4.79 Å². The highest BCUT2D eigenvalue weighted by molar-refractivity contribution is 7.99. The summed E-state index contributed by atoms with van der Waals surface area (Å²) in [7, 11) is 1.89. The van der Waals surface area contributed by atoms with Crippen molar-refractivity contribution in [1.82, 2.24) is 15.3 Å². The van der Waals surface area contributed by atoms with E-state index in [9.17, 15) is 4.79 Å². The van der Waals surface area contributed by atoms with E-state index >= 15 is 0 Å². The van der Waals surface area contributed by atoms with E-state index in [-0.39, 0.29) is 11.6 Å². The first-order valence-electron chi connectivity index (χ1n) is 6.60. The van der Waals surface area contributed by atoms with Crippen LogP contribution in [0.5, 0.6) is 0 Å². The van der Waals surface area contributed by atoms with Gasteiger partial charge in [0.05, 0.1) is 6.04 Å². The molecule has 0 aliphatic rings. The molecule has 6 heteroatoms. The fourth-order valence-corrected chi connectivity index (χ4v) is 3.03. The van der Waals surface area contributed by atoms with Crippen LogP contribution in [0.4, 0.5) is 0 Å². The predicted molar refractivity (Wildman–Crippen MR) is 83.6 cm³/mol. The van der Waals surface area contributed by atoms with Gasteiger partial charge in [-0.05, 0) is 19.2 Å². The minimum atomic E-state index is -0.141. The topological polar surface area (TPSA) is 70.9 Å². The lowest BCUT2D eigenvalue weighted by Crippen LogP contribution is -2.18. The molecule has 0 radical (unpaired) electrons. The van der Waals surface area contributed by atoms with Gasteiger partial charge in [-0.15, -0.1) is 0 Å². The highest BCUT2D eigenvalue weighted by Gasteiger charge is 2.15. The molecule has 1 unspecified atom stereocenters. The summed E-state index contributed by atoms with van der Waals surface area (Å²) in [5.74, 6) is 1.59. The van der Waals surface area contributed by atoms with Crippen LogP contribution in [0.1, 0.15) is 11.8 Å². The molecular weight excluding hydrogens is 286 g/mol. The SMILES string of the molecule is CNC(CSc1nccc(=O)[nH]1)c1cc2ccccc2o1. The second kappa shape index (κ2) is 6.15.